The van der Waals surface area contributed by atoms with Gasteiger partial charge >= 0.3 is 11.9 Å². The van der Waals surface area contributed by atoms with Crippen LogP contribution in [0, 0.1) is 34.0 Å². The average Bonchev–Trinajstić information content (AvgIpc) is 3.74. The van der Waals surface area contributed by atoms with Crippen LogP contribution in [0.4, 0.5) is 8.78 Å². The lowest BCUT2D eigenvalue weighted by Gasteiger charge is -2.66. The number of allylic oxidation sites excluding steroid dienone is 2. The van der Waals surface area contributed by atoms with Gasteiger partial charge in [0.1, 0.15) is 17.1 Å². The number of nitrogens with zero attached hydrogens (tertiary/aromatic N) is 2. The summed E-state index contributed by atoms with van der Waals surface area (Å²) in [7, 11) is 0. The normalized spacial score (nSPS) is 38.6. The zero-order valence-corrected chi connectivity index (χ0v) is 28.6. The van der Waals surface area contributed by atoms with Gasteiger partial charge in [-0.05, 0) is 81.9 Å². The molecule has 2 fully saturated rings. The van der Waals surface area contributed by atoms with Crippen LogP contribution in [-0.4, -0.2) is 49.8 Å². The highest BCUT2D eigenvalue weighted by Gasteiger charge is 2.80. The van der Waals surface area contributed by atoms with Crippen LogP contribution >= 0.6 is 0 Å². The molecule has 2 aromatic heterocycles. The second-order valence-electron chi connectivity index (χ2n) is 16.2. The molecule has 3 aromatic rings. The number of halogens is 2. The monoisotopic (exact) mass is 662 g/mol. The average molecular weight is 663 g/mol. The van der Waals surface area contributed by atoms with E-state index in [2.05, 4.69) is 5.10 Å². The van der Waals surface area contributed by atoms with Gasteiger partial charge in [-0.15, -0.1) is 0 Å². The first-order valence-corrected chi connectivity index (χ1v) is 16.8. The van der Waals surface area contributed by atoms with Crippen molar-refractivity contribution >= 4 is 11.9 Å². The fourth-order valence-corrected chi connectivity index (χ4v) is 10.1. The van der Waals surface area contributed by atoms with Gasteiger partial charge in [0.2, 0.25) is 11.4 Å². The van der Waals surface area contributed by atoms with Crippen molar-refractivity contribution in [2.75, 3.05) is 0 Å². The van der Waals surface area contributed by atoms with Crippen LogP contribution in [0.2, 0.25) is 0 Å². The number of ether oxygens (including phenoxy) is 2. The maximum absolute atomic E-state index is 18.6. The molecule has 4 aliphatic rings. The summed E-state index contributed by atoms with van der Waals surface area (Å²) >= 11 is 0. The van der Waals surface area contributed by atoms with Crippen LogP contribution in [0.25, 0.3) is 5.69 Å². The molecule has 9 atom stereocenters. The zero-order chi connectivity index (χ0) is 34.7. The molecule has 0 aliphatic heterocycles. The summed E-state index contributed by atoms with van der Waals surface area (Å²) in [6.45, 7) is 12.2. The Hall–Kier alpha value is -3.79. The topological polar surface area (TPSA) is 104 Å². The number of aliphatic hydroxyl groups is 1. The van der Waals surface area contributed by atoms with E-state index in [0.717, 1.165) is 16.9 Å². The first kappa shape index (κ1) is 32.7. The molecule has 0 bridgehead atoms. The molecule has 256 valence electrons. The van der Waals surface area contributed by atoms with E-state index >= 15 is 8.78 Å². The molecule has 2 heterocycles. The smallest absolute Gasteiger partial charge is 0.375 e. The van der Waals surface area contributed by atoms with E-state index in [1.807, 2.05) is 30.3 Å². The maximum Gasteiger partial charge on any atom is 0.375 e. The van der Waals surface area contributed by atoms with Crippen molar-refractivity contribution in [2.45, 2.75) is 97.1 Å². The van der Waals surface area contributed by atoms with E-state index in [4.69, 9.17) is 13.9 Å². The van der Waals surface area contributed by atoms with Crippen LogP contribution in [0.5, 0.6) is 0 Å². The molecule has 0 spiro atoms. The summed E-state index contributed by atoms with van der Waals surface area (Å²) in [6.07, 6.45) is 3.14. The highest BCUT2D eigenvalue weighted by Crippen LogP contribution is 2.74. The van der Waals surface area contributed by atoms with Gasteiger partial charge in [0.15, 0.2) is 0 Å². The van der Waals surface area contributed by atoms with Crippen molar-refractivity contribution in [3.8, 4) is 5.69 Å². The Morgan fingerprint density at radius 1 is 1.08 bits per heavy atom. The lowest BCUT2D eigenvalue weighted by atomic mass is 9.40. The van der Waals surface area contributed by atoms with Gasteiger partial charge in [0, 0.05) is 40.2 Å². The number of hydrogen-bond donors (Lipinski definition) is 1. The second kappa shape index (κ2) is 10.4. The summed E-state index contributed by atoms with van der Waals surface area (Å²) in [6, 6.07) is 12.5. The Balaban J connectivity index is 1.35. The molecule has 0 radical (unpaired) electrons. The lowest BCUT2D eigenvalue weighted by Crippen LogP contribution is -2.73. The van der Waals surface area contributed by atoms with E-state index in [1.54, 1.807) is 59.3 Å². The molecule has 8 nitrogen and oxygen atoms in total. The summed E-state index contributed by atoms with van der Waals surface area (Å²) in [5.74, 6) is -4.67. The lowest BCUT2D eigenvalue weighted by molar-refractivity contribution is -0.249. The largest absolute Gasteiger partial charge is 0.457 e. The molecular formula is C38H44F2N2O6. The predicted molar refractivity (Wildman–Crippen MR) is 172 cm³/mol. The Bertz CT molecular complexity index is 1800. The molecule has 0 amide bonds. The van der Waals surface area contributed by atoms with Gasteiger partial charge in [-0.1, -0.05) is 45.9 Å². The third-order valence-corrected chi connectivity index (χ3v) is 12.6. The number of alkyl halides is 1. The van der Waals surface area contributed by atoms with Gasteiger partial charge in [0.05, 0.1) is 24.3 Å². The Morgan fingerprint density at radius 2 is 1.79 bits per heavy atom. The molecular weight excluding hydrogens is 618 g/mol. The second-order valence-corrected chi connectivity index (χ2v) is 16.2. The van der Waals surface area contributed by atoms with Crippen molar-refractivity contribution < 1.29 is 37.4 Å². The van der Waals surface area contributed by atoms with E-state index in [9.17, 15) is 14.7 Å². The predicted octanol–water partition coefficient (Wildman–Crippen LogP) is 7.13. The summed E-state index contributed by atoms with van der Waals surface area (Å²) < 4.78 is 54.8. The van der Waals surface area contributed by atoms with E-state index < -0.39 is 74.7 Å². The summed E-state index contributed by atoms with van der Waals surface area (Å²) in [5, 5.41) is 16.8. The third-order valence-electron chi connectivity index (χ3n) is 12.6. The van der Waals surface area contributed by atoms with Crippen molar-refractivity contribution in [3.63, 3.8) is 0 Å². The Labute approximate surface area is 279 Å². The van der Waals surface area contributed by atoms with Gasteiger partial charge in [-0.2, -0.15) is 5.10 Å². The van der Waals surface area contributed by atoms with E-state index in [0.29, 0.717) is 0 Å². The fourth-order valence-electron chi connectivity index (χ4n) is 10.1. The zero-order valence-electron chi connectivity index (χ0n) is 28.6. The standard InChI is InChI=1S/C38H44F2N2O6/c1-22-16-25-26-17-29(39)35(6)19-27-23(21-41-42(27)24-12-9-8-10-13-24)18-36(35,7)37(26,40)30(43)20-34(25,5)38(22,32(45)48-33(2,3)4)47-31(44)28-14-11-15-46-28/h8-15,17,21-22,25-26,30,43H,16,18-20H2,1-7H3/t22-,25?,26?,30?,34+,35?,36+,37+,38+/m1/s1. The van der Waals surface area contributed by atoms with Crippen LogP contribution in [0.1, 0.15) is 83.1 Å². The highest BCUT2D eigenvalue weighted by molar-refractivity contribution is 5.91. The number of aromatic nitrogens is 2. The molecule has 0 saturated heterocycles. The number of hydrogen-bond acceptors (Lipinski definition) is 7. The first-order valence-electron chi connectivity index (χ1n) is 16.8. The number of aliphatic hydroxyl groups excluding tert-OH is 1. The van der Waals surface area contributed by atoms with Crippen molar-refractivity contribution in [2.24, 2.45) is 34.0 Å². The van der Waals surface area contributed by atoms with Gasteiger partial charge in [-0.25, -0.2) is 23.1 Å². The molecule has 48 heavy (non-hydrogen) atoms. The molecule has 10 heteroatoms. The number of para-hydroxylation sites is 1. The molecule has 1 aromatic carbocycles. The number of fused-ring (bicyclic) bond motifs is 6. The number of rotatable bonds is 4. The van der Waals surface area contributed by atoms with Gasteiger partial charge in [0.25, 0.3) is 0 Å². The van der Waals surface area contributed by atoms with E-state index in [1.165, 1.54) is 24.5 Å². The summed E-state index contributed by atoms with van der Waals surface area (Å²) in [5.41, 5.74) is -6.71. The van der Waals surface area contributed by atoms with Crippen molar-refractivity contribution in [3.05, 3.63) is 83.8 Å². The van der Waals surface area contributed by atoms with Crippen LogP contribution < -0.4 is 0 Å². The number of benzene rings is 1. The molecule has 2 saturated carbocycles. The van der Waals surface area contributed by atoms with Crippen molar-refractivity contribution in [1.82, 2.24) is 9.78 Å². The molecule has 4 aliphatic carbocycles. The van der Waals surface area contributed by atoms with Crippen LogP contribution in [-0.2, 0) is 27.1 Å². The number of carbonyl (C=O) groups excluding carboxylic acids is 2. The van der Waals surface area contributed by atoms with Gasteiger partial charge < -0.3 is 19.0 Å². The fraction of sp³-hybridized carbons (Fsp3) is 0.553. The quantitative estimate of drug-likeness (QED) is 0.297. The number of furan rings is 1. The number of esters is 2. The minimum absolute atomic E-state index is 0.102. The Morgan fingerprint density at radius 3 is 2.44 bits per heavy atom. The molecule has 7 rings (SSSR count). The van der Waals surface area contributed by atoms with Crippen LogP contribution in [0.15, 0.2) is 71.2 Å². The summed E-state index contributed by atoms with van der Waals surface area (Å²) in [4.78, 5) is 27.9. The number of carbonyl (C=O) groups is 2. The first-order chi connectivity index (χ1) is 22.4. The van der Waals surface area contributed by atoms with Crippen molar-refractivity contribution in [1.29, 1.82) is 0 Å². The highest BCUT2D eigenvalue weighted by atomic mass is 19.1. The van der Waals surface area contributed by atoms with Gasteiger partial charge in [-0.3, -0.25) is 0 Å². The van der Waals surface area contributed by atoms with Crippen LogP contribution in [0.3, 0.4) is 0 Å². The molecule has 1 N–H and O–H groups in total. The minimum Gasteiger partial charge on any atom is -0.457 e. The molecule has 4 unspecified atom stereocenters. The minimum atomic E-state index is -2.29. The SMILES string of the molecule is C[C@@H]1CC2C3C=C(F)C4(C)Cc5c(cnn5-c5ccccc5)C[C@]4(C)[C@@]3(F)C(O)C[C@]2(C)[C@@]1(OC(=O)c1ccco1)C(=O)OC(C)(C)C. The van der Waals surface area contributed by atoms with E-state index in [-0.39, 0.29) is 31.4 Å². The third kappa shape index (κ3) is 4.10. The maximum atomic E-state index is 18.6. The Kier molecular flexibility index (Phi) is 7.07.